The van der Waals surface area contributed by atoms with E-state index in [1.165, 1.54) is 12.1 Å². The van der Waals surface area contributed by atoms with Gasteiger partial charge in [-0.15, -0.1) is 0 Å². The smallest absolute Gasteiger partial charge is 0.418 e. The highest BCUT2D eigenvalue weighted by molar-refractivity contribution is 6.39. The first kappa shape index (κ1) is 18.6. The van der Waals surface area contributed by atoms with Crippen molar-refractivity contribution in [3.05, 3.63) is 54.1 Å². The van der Waals surface area contributed by atoms with Crippen molar-refractivity contribution in [2.45, 2.75) is 12.3 Å². The summed E-state index contributed by atoms with van der Waals surface area (Å²) in [5.41, 5.74) is -1.52. The van der Waals surface area contributed by atoms with Crippen LogP contribution in [-0.4, -0.2) is 31.1 Å². The number of benzene rings is 2. The zero-order chi connectivity index (χ0) is 19.4. The second-order valence-electron chi connectivity index (χ2n) is 5.71. The molecule has 2 aromatic rings. The van der Waals surface area contributed by atoms with Crippen LogP contribution < -0.4 is 20.1 Å². The molecule has 0 aliphatic carbocycles. The highest BCUT2D eigenvalue weighted by Crippen LogP contribution is 2.34. The molecule has 1 atom stereocenters. The van der Waals surface area contributed by atoms with E-state index in [2.05, 4.69) is 5.32 Å². The fourth-order valence-electron chi connectivity index (χ4n) is 2.47. The molecule has 0 radical (unpaired) electrons. The number of alkyl halides is 3. The number of nitrogens with one attached hydrogen (secondary N) is 2. The number of rotatable bonds is 3. The Morgan fingerprint density at radius 1 is 1.00 bits per heavy atom. The maximum absolute atomic E-state index is 12.9. The minimum atomic E-state index is -4.65. The van der Waals surface area contributed by atoms with Crippen molar-refractivity contribution in [1.82, 2.24) is 5.32 Å². The van der Waals surface area contributed by atoms with Crippen LogP contribution >= 0.6 is 0 Å². The van der Waals surface area contributed by atoms with Crippen molar-refractivity contribution in [1.29, 1.82) is 0 Å². The minimum absolute atomic E-state index is 0.0402. The number of para-hydroxylation sites is 3. The van der Waals surface area contributed by atoms with Crippen molar-refractivity contribution in [3.63, 3.8) is 0 Å². The molecular formula is C18H15F3N2O4. The second kappa shape index (κ2) is 7.56. The molecule has 2 amide bonds. The van der Waals surface area contributed by atoms with E-state index < -0.39 is 35.3 Å². The number of hydrogen-bond acceptors (Lipinski definition) is 4. The zero-order valence-electron chi connectivity index (χ0n) is 13.9. The quantitative estimate of drug-likeness (QED) is 0.803. The van der Waals surface area contributed by atoms with Gasteiger partial charge in [0.05, 0.1) is 17.8 Å². The van der Waals surface area contributed by atoms with Gasteiger partial charge in [-0.3, -0.25) is 9.59 Å². The molecule has 1 unspecified atom stereocenters. The van der Waals surface area contributed by atoms with Gasteiger partial charge in [0.25, 0.3) is 0 Å². The Kier molecular flexibility index (Phi) is 5.20. The molecule has 0 aromatic heterocycles. The first-order valence-electron chi connectivity index (χ1n) is 7.98. The monoisotopic (exact) mass is 380 g/mol. The van der Waals surface area contributed by atoms with Crippen molar-refractivity contribution in [3.8, 4) is 11.5 Å². The van der Waals surface area contributed by atoms with Crippen LogP contribution in [0.15, 0.2) is 48.5 Å². The van der Waals surface area contributed by atoms with E-state index in [-0.39, 0.29) is 13.2 Å². The molecule has 27 heavy (non-hydrogen) atoms. The van der Waals surface area contributed by atoms with Gasteiger partial charge in [-0.25, -0.2) is 0 Å². The minimum Gasteiger partial charge on any atom is -0.486 e. The van der Waals surface area contributed by atoms with E-state index in [4.69, 9.17) is 9.47 Å². The number of amides is 2. The van der Waals surface area contributed by atoms with E-state index in [0.29, 0.717) is 11.5 Å². The highest BCUT2D eigenvalue weighted by atomic mass is 19.4. The molecule has 0 saturated carbocycles. The predicted octanol–water partition coefficient (Wildman–Crippen LogP) is 2.60. The first-order chi connectivity index (χ1) is 12.8. The van der Waals surface area contributed by atoms with E-state index in [9.17, 15) is 22.8 Å². The van der Waals surface area contributed by atoms with Gasteiger partial charge >= 0.3 is 18.0 Å². The molecule has 6 nitrogen and oxygen atoms in total. The Hall–Kier alpha value is -3.23. The normalized spacial score (nSPS) is 15.7. The standard InChI is InChI=1S/C18H15F3N2O4/c19-18(20,21)12-5-1-2-6-13(12)23-17(25)16(24)22-9-11-10-26-14-7-3-4-8-15(14)27-11/h1-8,11H,9-10H2,(H,22,24)(H,23,25). The van der Waals surface area contributed by atoms with Crippen molar-refractivity contribution < 1.29 is 32.2 Å². The number of carbonyl (C=O) groups excluding carboxylic acids is 2. The molecule has 0 saturated heterocycles. The number of carbonyl (C=O) groups is 2. The van der Waals surface area contributed by atoms with Crippen LogP contribution in [0, 0.1) is 0 Å². The Balaban J connectivity index is 1.56. The van der Waals surface area contributed by atoms with Gasteiger partial charge in [0.15, 0.2) is 11.5 Å². The number of halogens is 3. The Bertz CT molecular complexity index is 854. The van der Waals surface area contributed by atoms with E-state index in [1.54, 1.807) is 24.3 Å². The summed E-state index contributed by atoms with van der Waals surface area (Å²) in [5.74, 6) is -1.20. The Morgan fingerprint density at radius 3 is 2.41 bits per heavy atom. The molecule has 2 N–H and O–H groups in total. The van der Waals surface area contributed by atoms with Gasteiger partial charge < -0.3 is 20.1 Å². The lowest BCUT2D eigenvalue weighted by Crippen LogP contribution is -2.44. The lowest BCUT2D eigenvalue weighted by molar-refractivity contribution is -0.138. The SMILES string of the molecule is O=C(NCC1COc2ccccc2O1)C(=O)Nc1ccccc1C(F)(F)F. The maximum Gasteiger partial charge on any atom is 0.418 e. The number of anilines is 1. The summed E-state index contributed by atoms with van der Waals surface area (Å²) in [4.78, 5) is 23.8. The molecule has 0 spiro atoms. The van der Waals surface area contributed by atoms with E-state index in [0.717, 1.165) is 12.1 Å². The van der Waals surface area contributed by atoms with Crippen LogP contribution in [0.5, 0.6) is 11.5 Å². The zero-order valence-corrected chi connectivity index (χ0v) is 13.9. The van der Waals surface area contributed by atoms with Crippen LogP contribution in [0.3, 0.4) is 0 Å². The van der Waals surface area contributed by atoms with Crippen LogP contribution in [0.2, 0.25) is 0 Å². The number of ether oxygens (including phenoxy) is 2. The largest absolute Gasteiger partial charge is 0.486 e. The summed E-state index contributed by atoms with van der Waals surface area (Å²) < 4.78 is 49.9. The molecule has 142 valence electrons. The summed E-state index contributed by atoms with van der Waals surface area (Å²) >= 11 is 0. The van der Waals surface area contributed by atoms with Crippen LogP contribution in [0.4, 0.5) is 18.9 Å². The molecule has 3 rings (SSSR count). The maximum atomic E-state index is 12.9. The van der Waals surface area contributed by atoms with Gasteiger partial charge in [0, 0.05) is 0 Å². The average molecular weight is 380 g/mol. The molecule has 1 aliphatic heterocycles. The number of hydrogen-bond donors (Lipinski definition) is 2. The fraction of sp³-hybridized carbons (Fsp3) is 0.222. The summed E-state index contributed by atoms with van der Waals surface area (Å²) in [6.45, 7) is 0.122. The first-order valence-corrected chi connectivity index (χ1v) is 7.98. The summed E-state index contributed by atoms with van der Waals surface area (Å²) in [6.07, 6.45) is -5.18. The van der Waals surface area contributed by atoms with Gasteiger partial charge in [0.1, 0.15) is 12.7 Å². The summed E-state index contributed by atoms with van der Waals surface area (Å²) in [7, 11) is 0. The van der Waals surface area contributed by atoms with Crippen molar-refractivity contribution in [2.75, 3.05) is 18.5 Å². The van der Waals surface area contributed by atoms with Crippen molar-refractivity contribution >= 4 is 17.5 Å². The van der Waals surface area contributed by atoms with E-state index >= 15 is 0 Å². The Labute approximate surface area is 152 Å². The van der Waals surface area contributed by atoms with Crippen LogP contribution in [0.1, 0.15) is 5.56 Å². The molecule has 1 heterocycles. The van der Waals surface area contributed by atoms with Gasteiger partial charge in [0.2, 0.25) is 0 Å². The molecule has 0 bridgehead atoms. The van der Waals surface area contributed by atoms with Crippen LogP contribution in [-0.2, 0) is 15.8 Å². The lowest BCUT2D eigenvalue weighted by Gasteiger charge is -2.26. The number of fused-ring (bicyclic) bond motifs is 1. The lowest BCUT2D eigenvalue weighted by atomic mass is 10.1. The summed E-state index contributed by atoms with van der Waals surface area (Å²) in [5, 5.41) is 4.30. The second-order valence-corrected chi connectivity index (χ2v) is 5.71. The highest BCUT2D eigenvalue weighted by Gasteiger charge is 2.34. The third-order valence-corrected chi connectivity index (χ3v) is 3.74. The summed E-state index contributed by atoms with van der Waals surface area (Å²) in [6, 6.07) is 11.4. The topological polar surface area (TPSA) is 76.7 Å². The fourth-order valence-corrected chi connectivity index (χ4v) is 2.47. The molecular weight excluding hydrogens is 365 g/mol. The van der Waals surface area contributed by atoms with Gasteiger partial charge in [-0.05, 0) is 24.3 Å². The molecule has 0 fully saturated rings. The van der Waals surface area contributed by atoms with Crippen LogP contribution in [0.25, 0.3) is 0 Å². The third kappa shape index (κ3) is 4.49. The molecule has 9 heteroatoms. The third-order valence-electron chi connectivity index (χ3n) is 3.74. The average Bonchev–Trinajstić information content (AvgIpc) is 2.65. The van der Waals surface area contributed by atoms with Gasteiger partial charge in [-0.1, -0.05) is 24.3 Å². The van der Waals surface area contributed by atoms with Gasteiger partial charge in [-0.2, -0.15) is 13.2 Å². The van der Waals surface area contributed by atoms with E-state index in [1.807, 2.05) is 5.32 Å². The predicted molar refractivity (Wildman–Crippen MR) is 89.4 cm³/mol. The Morgan fingerprint density at radius 2 is 1.67 bits per heavy atom. The molecule has 1 aliphatic rings. The van der Waals surface area contributed by atoms with Crippen molar-refractivity contribution in [2.24, 2.45) is 0 Å². The molecule has 2 aromatic carbocycles.